The fourth-order valence-electron chi connectivity index (χ4n) is 1.06. The van der Waals surface area contributed by atoms with Crippen LogP contribution in [0.2, 0.25) is 0 Å². The summed E-state index contributed by atoms with van der Waals surface area (Å²) in [6.45, 7) is 1.10. The van der Waals surface area contributed by atoms with Crippen molar-refractivity contribution in [3.8, 4) is 0 Å². The zero-order valence-electron chi connectivity index (χ0n) is 8.80. The van der Waals surface area contributed by atoms with Crippen LogP contribution in [-0.4, -0.2) is 25.0 Å². The Labute approximate surface area is 90.0 Å². The minimum Gasteiger partial charge on any atom is -0.373 e. The van der Waals surface area contributed by atoms with E-state index in [2.05, 4.69) is 0 Å². The molecule has 0 saturated heterocycles. The number of rotatable bonds is 6. The Bertz CT molecular complexity index is 309. The minimum absolute atomic E-state index is 0.507. The highest BCUT2D eigenvalue weighted by atomic mass is 16.5. The number of nitrogens with zero attached hydrogens (tertiary/aromatic N) is 1. The average Bonchev–Trinajstić information content (AvgIpc) is 2.29. The summed E-state index contributed by atoms with van der Waals surface area (Å²) in [4.78, 5) is 11.7. The molecule has 0 heterocycles. The summed E-state index contributed by atoms with van der Waals surface area (Å²) in [5.74, 6) is 0. The van der Waals surface area contributed by atoms with Gasteiger partial charge in [-0.15, -0.1) is 0 Å². The Morgan fingerprint density at radius 2 is 2.07 bits per heavy atom. The maximum absolute atomic E-state index is 10.2. The highest BCUT2D eigenvalue weighted by molar-refractivity contribution is 5.48. The van der Waals surface area contributed by atoms with E-state index in [0.717, 1.165) is 12.0 Å². The number of hydrogen-bond donors (Lipinski definition) is 0. The Balaban J connectivity index is 2.17. The van der Waals surface area contributed by atoms with Crippen molar-refractivity contribution in [1.29, 1.82) is 0 Å². The van der Waals surface area contributed by atoms with Crippen LogP contribution in [0.1, 0.15) is 5.56 Å². The fourth-order valence-corrected chi connectivity index (χ4v) is 1.06. The number of amides is 1. The Kier molecular flexibility index (Phi) is 5.19. The summed E-state index contributed by atoms with van der Waals surface area (Å²) in [6.07, 6.45) is 4.23. The van der Waals surface area contributed by atoms with E-state index < -0.39 is 0 Å². The van der Waals surface area contributed by atoms with Crippen molar-refractivity contribution < 1.29 is 9.53 Å². The van der Waals surface area contributed by atoms with Crippen molar-refractivity contribution in [3.63, 3.8) is 0 Å². The lowest BCUT2D eigenvalue weighted by Gasteiger charge is -2.03. The lowest BCUT2D eigenvalue weighted by molar-refractivity contribution is -0.115. The van der Waals surface area contributed by atoms with Crippen LogP contribution in [0.3, 0.4) is 0 Å². The van der Waals surface area contributed by atoms with Gasteiger partial charge in [0.2, 0.25) is 6.41 Å². The molecule has 1 amide bonds. The van der Waals surface area contributed by atoms with Crippen LogP contribution >= 0.6 is 0 Å². The molecule has 0 aromatic heterocycles. The van der Waals surface area contributed by atoms with Gasteiger partial charge >= 0.3 is 0 Å². The molecule has 0 unspecified atom stereocenters. The molecule has 15 heavy (non-hydrogen) atoms. The van der Waals surface area contributed by atoms with Gasteiger partial charge in [0, 0.05) is 13.2 Å². The third kappa shape index (κ3) is 4.98. The maximum atomic E-state index is 10.2. The molecule has 1 aromatic carbocycles. The molecule has 3 heteroatoms. The highest BCUT2D eigenvalue weighted by Gasteiger charge is 1.89. The molecule has 1 rings (SSSR count). The van der Waals surface area contributed by atoms with Gasteiger partial charge in [-0.1, -0.05) is 30.3 Å². The second-order valence-electron chi connectivity index (χ2n) is 3.16. The molecular weight excluding hydrogens is 190 g/mol. The Hall–Kier alpha value is -1.61. The largest absolute Gasteiger partial charge is 0.373 e. The smallest absolute Gasteiger partial charge is 0.213 e. The first-order valence-corrected chi connectivity index (χ1v) is 4.78. The lowest BCUT2D eigenvalue weighted by atomic mass is 10.2. The van der Waals surface area contributed by atoms with Gasteiger partial charge in [0.25, 0.3) is 0 Å². The predicted molar refractivity (Wildman–Crippen MR) is 59.1 cm³/mol. The summed E-state index contributed by atoms with van der Waals surface area (Å²) < 4.78 is 5.39. The van der Waals surface area contributed by atoms with Gasteiger partial charge in [-0.2, -0.15) is 0 Å². The molecule has 1 aromatic rings. The minimum atomic E-state index is 0.507. The zero-order chi connectivity index (χ0) is 10.9. The summed E-state index contributed by atoms with van der Waals surface area (Å²) >= 11 is 0. The lowest BCUT2D eigenvalue weighted by Crippen LogP contribution is -2.06. The van der Waals surface area contributed by atoms with Gasteiger partial charge in [0.1, 0.15) is 0 Å². The molecule has 0 fully saturated rings. The standard InChI is InChI=1S/C12H15NO2/c1-13(11-14)8-5-9-15-10-12-6-3-2-4-7-12/h2-8,11H,9-10H2,1H3/b8-5+. The van der Waals surface area contributed by atoms with Crippen molar-refractivity contribution in [3.05, 3.63) is 48.2 Å². The molecule has 0 N–H and O–H groups in total. The zero-order valence-corrected chi connectivity index (χ0v) is 8.80. The van der Waals surface area contributed by atoms with Crippen LogP contribution in [-0.2, 0) is 16.1 Å². The van der Waals surface area contributed by atoms with E-state index in [9.17, 15) is 4.79 Å². The first-order valence-electron chi connectivity index (χ1n) is 4.78. The van der Waals surface area contributed by atoms with E-state index in [0.29, 0.717) is 13.2 Å². The first-order chi connectivity index (χ1) is 7.33. The predicted octanol–water partition coefficient (Wildman–Crippen LogP) is 1.81. The molecule has 0 aliphatic rings. The van der Waals surface area contributed by atoms with Crippen molar-refractivity contribution in [2.24, 2.45) is 0 Å². The second kappa shape index (κ2) is 6.79. The number of carbonyl (C=O) groups excluding carboxylic acids is 1. The van der Waals surface area contributed by atoms with Crippen LogP contribution in [0.25, 0.3) is 0 Å². The van der Waals surface area contributed by atoms with Gasteiger partial charge in [0.05, 0.1) is 13.2 Å². The molecule has 0 bridgehead atoms. The van der Waals surface area contributed by atoms with Crippen molar-refractivity contribution in [2.75, 3.05) is 13.7 Å². The Morgan fingerprint density at radius 3 is 2.73 bits per heavy atom. The highest BCUT2D eigenvalue weighted by Crippen LogP contribution is 2.00. The summed E-state index contributed by atoms with van der Waals surface area (Å²) in [7, 11) is 1.68. The van der Waals surface area contributed by atoms with Crippen LogP contribution in [0.4, 0.5) is 0 Å². The van der Waals surface area contributed by atoms with Crippen LogP contribution in [0, 0.1) is 0 Å². The van der Waals surface area contributed by atoms with Crippen LogP contribution < -0.4 is 0 Å². The molecule has 0 aliphatic carbocycles. The van der Waals surface area contributed by atoms with Gasteiger partial charge in [-0.25, -0.2) is 0 Å². The van der Waals surface area contributed by atoms with E-state index >= 15 is 0 Å². The first kappa shape index (κ1) is 11.5. The summed E-state index contributed by atoms with van der Waals surface area (Å²) in [6, 6.07) is 9.97. The normalized spacial score (nSPS) is 10.5. The molecule has 80 valence electrons. The van der Waals surface area contributed by atoms with Crippen LogP contribution in [0.15, 0.2) is 42.6 Å². The van der Waals surface area contributed by atoms with Gasteiger partial charge < -0.3 is 9.64 Å². The van der Waals surface area contributed by atoms with E-state index in [1.165, 1.54) is 4.90 Å². The molecule has 0 saturated carbocycles. The van der Waals surface area contributed by atoms with Crippen molar-refractivity contribution >= 4 is 6.41 Å². The topological polar surface area (TPSA) is 29.5 Å². The molecule has 0 atom stereocenters. The monoisotopic (exact) mass is 205 g/mol. The van der Waals surface area contributed by atoms with Crippen molar-refractivity contribution in [1.82, 2.24) is 4.90 Å². The molecule has 0 radical (unpaired) electrons. The van der Waals surface area contributed by atoms with E-state index in [1.54, 1.807) is 19.3 Å². The van der Waals surface area contributed by atoms with Crippen LogP contribution in [0.5, 0.6) is 0 Å². The maximum Gasteiger partial charge on any atom is 0.213 e. The summed E-state index contributed by atoms with van der Waals surface area (Å²) in [5.41, 5.74) is 1.15. The SMILES string of the molecule is CN(C=O)/C=C/COCc1ccccc1. The summed E-state index contributed by atoms with van der Waals surface area (Å²) in [5, 5.41) is 0. The quantitative estimate of drug-likeness (QED) is 0.523. The van der Waals surface area contributed by atoms with Gasteiger partial charge in [0.15, 0.2) is 0 Å². The van der Waals surface area contributed by atoms with Crippen molar-refractivity contribution in [2.45, 2.75) is 6.61 Å². The fraction of sp³-hybridized carbons (Fsp3) is 0.250. The number of ether oxygens (including phenoxy) is 1. The number of benzene rings is 1. The van der Waals surface area contributed by atoms with Gasteiger partial charge in [-0.05, 0) is 11.6 Å². The van der Waals surface area contributed by atoms with E-state index in [1.807, 2.05) is 30.3 Å². The molecule has 0 aliphatic heterocycles. The Morgan fingerprint density at radius 1 is 1.33 bits per heavy atom. The molecule has 0 spiro atoms. The second-order valence-corrected chi connectivity index (χ2v) is 3.16. The third-order valence-electron chi connectivity index (χ3n) is 1.83. The third-order valence-corrected chi connectivity index (χ3v) is 1.83. The number of carbonyl (C=O) groups is 1. The molecule has 3 nitrogen and oxygen atoms in total. The average molecular weight is 205 g/mol. The van der Waals surface area contributed by atoms with Gasteiger partial charge in [-0.3, -0.25) is 4.79 Å². The number of hydrogen-bond acceptors (Lipinski definition) is 2. The van der Waals surface area contributed by atoms with E-state index in [-0.39, 0.29) is 0 Å². The van der Waals surface area contributed by atoms with E-state index in [4.69, 9.17) is 4.74 Å². The molecular formula is C12H15NO2.